The maximum absolute atomic E-state index is 11.5. The third kappa shape index (κ3) is 3.63. The monoisotopic (exact) mass is 271 g/mol. The Labute approximate surface area is 105 Å². The van der Waals surface area contributed by atoms with Gasteiger partial charge in [-0.25, -0.2) is 9.59 Å². The van der Waals surface area contributed by atoms with Crippen molar-refractivity contribution in [2.75, 3.05) is 5.32 Å². The highest BCUT2D eigenvalue weighted by atomic mass is 32.1. The molecule has 0 unspecified atom stereocenters. The van der Waals surface area contributed by atoms with Crippen LogP contribution in [0.15, 0.2) is 16.7 Å². The topological polar surface area (TPSA) is 129 Å². The number of carboxylic acids is 2. The molecule has 9 heteroatoms. The average molecular weight is 271 g/mol. The van der Waals surface area contributed by atoms with Gasteiger partial charge in [0.1, 0.15) is 5.51 Å². The Balaban J connectivity index is 2.80. The quantitative estimate of drug-likeness (QED) is 0.659. The van der Waals surface area contributed by atoms with Gasteiger partial charge >= 0.3 is 11.9 Å². The highest BCUT2D eigenvalue weighted by Crippen LogP contribution is 2.13. The molecular formula is C9H9N3O5S. The highest BCUT2D eigenvalue weighted by Gasteiger charge is 2.20. The van der Waals surface area contributed by atoms with E-state index in [1.165, 1.54) is 5.51 Å². The van der Waals surface area contributed by atoms with Gasteiger partial charge < -0.3 is 15.5 Å². The Kier molecular flexibility index (Phi) is 4.49. The Hall–Kier alpha value is -2.29. The summed E-state index contributed by atoms with van der Waals surface area (Å²) in [6, 6.07) is 0. The number of carbonyl (C=O) groups excluding carboxylic acids is 1. The highest BCUT2D eigenvalue weighted by molar-refractivity contribution is 7.13. The number of aliphatic carboxylic acids is 2. The predicted molar refractivity (Wildman–Crippen MR) is 61.1 cm³/mol. The second-order valence-corrected chi connectivity index (χ2v) is 4.02. The summed E-state index contributed by atoms with van der Waals surface area (Å²) in [6.07, 6.45) is -0.549. The molecule has 0 atom stereocenters. The Bertz CT molecular complexity index is 508. The molecule has 1 rings (SSSR count). The van der Waals surface area contributed by atoms with Crippen molar-refractivity contribution in [2.45, 2.75) is 13.3 Å². The van der Waals surface area contributed by atoms with E-state index >= 15 is 0 Å². The van der Waals surface area contributed by atoms with E-state index in [4.69, 9.17) is 10.2 Å². The molecular weight excluding hydrogens is 262 g/mol. The van der Waals surface area contributed by atoms with Crippen molar-refractivity contribution in [1.29, 1.82) is 0 Å². The van der Waals surface area contributed by atoms with Gasteiger partial charge in [-0.2, -0.15) is 0 Å². The van der Waals surface area contributed by atoms with Crippen LogP contribution in [0.4, 0.5) is 5.13 Å². The first-order chi connectivity index (χ1) is 8.41. The molecule has 8 nitrogen and oxygen atoms in total. The number of hydrogen-bond acceptors (Lipinski definition) is 6. The number of nitrogens with zero attached hydrogens (tertiary/aromatic N) is 2. The van der Waals surface area contributed by atoms with Crippen molar-refractivity contribution in [3.05, 3.63) is 16.7 Å². The molecule has 0 fully saturated rings. The normalized spacial score (nSPS) is 11.6. The average Bonchev–Trinajstić information content (AvgIpc) is 2.77. The van der Waals surface area contributed by atoms with E-state index in [-0.39, 0.29) is 10.7 Å². The third-order valence-electron chi connectivity index (χ3n) is 1.98. The zero-order valence-corrected chi connectivity index (χ0v) is 10.0. The lowest BCUT2D eigenvalue weighted by Gasteiger charge is -2.04. The SMILES string of the molecule is C/C(C(=O)O)=C(/CC(=O)Nc1nncs1)C(=O)O. The van der Waals surface area contributed by atoms with Gasteiger partial charge in [-0.05, 0) is 6.92 Å². The van der Waals surface area contributed by atoms with Crippen molar-refractivity contribution < 1.29 is 24.6 Å². The fourth-order valence-electron chi connectivity index (χ4n) is 1.05. The lowest BCUT2D eigenvalue weighted by atomic mass is 10.1. The fraction of sp³-hybridized carbons (Fsp3) is 0.222. The number of nitrogens with one attached hydrogen (secondary N) is 1. The summed E-state index contributed by atoms with van der Waals surface area (Å²) in [6.45, 7) is 1.13. The Morgan fingerprint density at radius 1 is 1.33 bits per heavy atom. The van der Waals surface area contributed by atoms with Crippen molar-refractivity contribution >= 4 is 34.3 Å². The van der Waals surface area contributed by atoms with Gasteiger partial charge in [-0.3, -0.25) is 4.79 Å². The lowest BCUT2D eigenvalue weighted by Crippen LogP contribution is -2.18. The van der Waals surface area contributed by atoms with Crippen LogP contribution >= 0.6 is 11.3 Å². The molecule has 1 amide bonds. The molecule has 0 aromatic carbocycles. The Morgan fingerprint density at radius 2 is 2.00 bits per heavy atom. The van der Waals surface area contributed by atoms with Gasteiger partial charge in [0.15, 0.2) is 0 Å². The van der Waals surface area contributed by atoms with Gasteiger partial charge in [0.05, 0.1) is 12.0 Å². The minimum absolute atomic E-state index is 0.220. The molecule has 0 radical (unpaired) electrons. The van der Waals surface area contributed by atoms with Gasteiger partial charge in [-0.1, -0.05) is 11.3 Å². The molecule has 0 aliphatic rings. The number of aromatic nitrogens is 2. The van der Waals surface area contributed by atoms with E-state index in [0.717, 1.165) is 18.3 Å². The van der Waals surface area contributed by atoms with E-state index in [9.17, 15) is 14.4 Å². The molecule has 3 N–H and O–H groups in total. The molecule has 1 aromatic rings. The largest absolute Gasteiger partial charge is 0.478 e. The summed E-state index contributed by atoms with van der Waals surface area (Å²) in [5, 5.41) is 27.1. The summed E-state index contributed by atoms with van der Waals surface area (Å²) in [5.74, 6) is -3.48. The van der Waals surface area contributed by atoms with Gasteiger partial charge in [0.25, 0.3) is 0 Å². The second-order valence-electron chi connectivity index (χ2n) is 3.18. The van der Waals surface area contributed by atoms with Gasteiger partial charge in [0.2, 0.25) is 11.0 Å². The molecule has 0 bridgehead atoms. The predicted octanol–water partition coefficient (Wildman–Crippen LogP) is 0.352. The first kappa shape index (κ1) is 13.8. The Morgan fingerprint density at radius 3 is 2.44 bits per heavy atom. The number of rotatable bonds is 5. The summed E-state index contributed by atoms with van der Waals surface area (Å²) in [5.41, 5.74) is 0.547. The molecule has 1 aromatic heterocycles. The molecule has 96 valence electrons. The van der Waals surface area contributed by atoms with Crippen LogP contribution in [0.25, 0.3) is 0 Å². The van der Waals surface area contributed by atoms with Crippen LogP contribution in [-0.2, 0) is 14.4 Å². The molecule has 0 saturated heterocycles. The van der Waals surface area contributed by atoms with Gasteiger partial charge in [0, 0.05) is 5.57 Å². The lowest BCUT2D eigenvalue weighted by molar-refractivity contribution is -0.136. The smallest absolute Gasteiger partial charge is 0.332 e. The van der Waals surface area contributed by atoms with Crippen molar-refractivity contribution in [3.63, 3.8) is 0 Å². The maximum atomic E-state index is 11.5. The molecule has 0 aliphatic carbocycles. The van der Waals surface area contributed by atoms with E-state index in [1.54, 1.807) is 0 Å². The zero-order valence-electron chi connectivity index (χ0n) is 9.21. The standard InChI is InChI=1S/C9H9N3O5S/c1-4(7(14)15)5(8(16)17)2-6(13)11-9-12-10-3-18-9/h3H,2H2,1H3,(H,14,15)(H,16,17)(H,11,12,13)/b5-4+. The van der Waals surface area contributed by atoms with Crippen LogP contribution in [0.5, 0.6) is 0 Å². The first-order valence-corrected chi connectivity index (χ1v) is 5.52. The fourth-order valence-corrected chi connectivity index (χ4v) is 1.51. The van der Waals surface area contributed by atoms with Crippen molar-refractivity contribution in [1.82, 2.24) is 10.2 Å². The van der Waals surface area contributed by atoms with E-state index < -0.39 is 29.8 Å². The summed E-state index contributed by atoms with van der Waals surface area (Å²) >= 11 is 1.07. The van der Waals surface area contributed by atoms with Crippen molar-refractivity contribution in [2.24, 2.45) is 0 Å². The molecule has 1 heterocycles. The second kappa shape index (κ2) is 5.87. The maximum Gasteiger partial charge on any atom is 0.332 e. The molecule has 0 aliphatic heterocycles. The minimum Gasteiger partial charge on any atom is -0.478 e. The number of amides is 1. The molecule has 0 saturated carbocycles. The van der Waals surface area contributed by atoms with E-state index in [2.05, 4.69) is 15.5 Å². The van der Waals surface area contributed by atoms with Crippen LogP contribution in [-0.4, -0.2) is 38.3 Å². The number of carbonyl (C=O) groups is 3. The van der Waals surface area contributed by atoms with Crippen LogP contribution < -0.4 is 5.32 Å². The third-order valence-corrected chi connectivity index (χ3v) is 2.58. The molecule has 18 heavy (non-hydrogen) atoms. The summed E-state index contributed by atoms with van der Waals surface area (Å²) in [4.78, 5) is 33.0. The number of hydrogen-bond donors (Lipinski definition) is 3. The first-order valence-electron chi connectivity index (χ1n) is 4.64. The van der Waals surface area contributed by atoms with Crippen LogP contribution in [0, 0.1) is 0 Å². The van der Waals surface area contributed by atoms with Gasteiger partial charge in [-0.15, -0.1) is 10.2 Å². The van der Waals surface area contributed by atoms with Crippen LogP contribution in [0.3, 0.4) is 0 Å². The van der Waals surface area contributed by atoms with E-state index in [1.807, 2.05) is 0 Å². The van der Waals surface area contributed by atoms with E-state index in [0.29, 0.717) is 0 Å². The summed E-state index contributed by atoms with van der Waals surface area (Å²) < 4.78 is 0. The van der Waals surface area contributed by atoms with Crippen LogP contribution in [0.1, 0.15) is 13.3 Å². The minimum atomic E-state index is -1.44. The zero-order chi connectivity index (χ0) is 13.7. The molecule has 0 spiro atoms. The summed E-state index contributed by atoms with van der Waals surface area (Å²) in [7, 11) is 0. The number of anilines is 1. The van der Waals surface area contributed by atoms with Crippen molar-refractivity contribution in [3.8, 4) is 0 Å². The van der Waals surface area contributed by atoms with Crippen LogP contribution in [0.2, 0.25) is 0 Å². The number of carboxylic acid groups (broad SMARTS) is 2.